The average molecular weight is 300 g/mol. The van der Waals surface area contributed by atoms with E-state index in [9.17, 15) is 4.79 Å². The zero-order valence-electron chi connectivity index (χ0n) is 13.3. The Kier molecular flexibility index (Phi) is 4.68. The summed E-state index contributed by atoms with van der Waals surface area (Å²) in [6.07, 6.45) is 1.68. The van der Waals surface area contributed by atoms with E-state index in [0.29, 0.717) is 0 Å². The molecule has 1 nitrogen and oxygen atoms in total. The molecule has 0 bridgehead atoms. The van der Waals surface area contributed by atoms with Crippen molar-refractivity contribution in [3.8, 4) is 0 Å². The molecule has 0 N–H and O–H groups in total. The summed E-state index contributed by atoms with van der Waals surface area (Å²) in [4.78, 5) is 11.9. The molecule has 114 valence electrons. The van der Waals surface area contributed by atoms with E-state index in [0.717, 1.165) is 24.0 Å². The van der Waals surface area contributed by atoms with Gasteiger partial charge in [-0.1, -0.05) is 78.9 Å². The van der Waals surface area contributed by atoms with Crippen molar-refractivity contribution < 1.29 is 4.79 Å². The Morgan fingerprint density at radius 1 is 0.696 bits per heavy atom. The molecule has 0 saturated carbocycles. The largest absolute Gasteiger partial charge is 0.295 e. The highest BCUT2D eigenvalue weighted by Gasteiger charge is 2.09. The molecule has 0 heterocycles. The van der Waals surface area contributed by atoms with Gasteiger partial charge in [0.1, 0.15) is 0 Å². The standard InChI is InChI=1S/C22H20O/c1-17(23)22-13-12-20(14-18-8-4-2-5-9-18)16-21(22)15-19-10-6-3-7-11-19/h2-13,16H,14-15H2,1H3. The Balaban J connectivity index is 1.91. The lowest BCUT2D eigenvalue weighted by molar-refractivity contribution is 0.101. The molecular weight excluding hydrogens is 280 g/mol. The predicted molar refractivity (Wildman–Crippen MR) is 94.9 cm³/mol. The van der Waals surface area contributed by atoms with Crippen LogP contribution in [-0.4, -0.2) is 5.78 Å². The van der Waals surface area contributed by atoms with E-state index in [4.69, 9.17) is 0 Å². The van der Waals surface area contributed by atoms with E-state index in [1.807, 2.05) is 30.3 Å². The fourth-order valence-corrected chi connectivity index (χ4v) is 2.89. The summed E-state index contributed by atoms with van der Waals surface area (Å²) in [7, 11) is 0. The summed E-state index contributed by atoms with van der Waals surface area (Å²) in [6.45, 7) is 1.64. The zero-order valence-corrected chi connectivity index (χ0v) is 13.3. The van der Waals surface area contributed by atoms with Gasteiger partial charge >= 0.3 is 0 Å². The number of ketones is 1. The SMILES string of the molecule is CC(=O)c1ccc(Cc2ccccc2)cc1Cc1ccccc1. The minimum Gasteiger partial charge on any atom is -0.295 e. The second-order valence-corrected chi connectivity index (χ2v) is 5.87. The lowest BCUT2D eigenvalue weighted by atomic mass is 9.93. The summed E-state index contributed by atoms with van der Waals surface area (Å²) in [5.41, 5.74) is 5.69. The number of carbonyl (C=O) groups is 1. The van der Waals surface area contributed by atoms with Crippen LogP contribution in [0, 0.1) is 0 Å². The number of benzene rings is 3. The van der Waals surface area contributed by atoms with Crippen molar-refractivity contribution in [3.63, 3.8) is 0 Å². The molecule has 0 aliphatic rings. The van der Waals surface area contributed by atoms with E-state index in [1.54, 1.807) is 6.92 Å². The number of rotatable bonds is 5. The van der Waals surface area contributed by atoms with Crippen LogP contribution in [0.2, 0.25) is 0 Å². The molecule has 0 atom stereocenters. The molecule has 0 aliphatic carbocycles. The van der Waals surface area contributed by atoms with Gasteiger partial charge in [-0.3, -0.25) is 4.79 Å². The van der Waals surface area contributed by atoms with Gasteiger partial charge in [0.2, 0.25) is 0 Å². The highest BCUT2D eigenvalue weighted by Crippen LogP contribution is 2.19. The zero-order chi connectivity index (χ0) is 16.1. The van der Waals surface area contributed by atoms with Crippen molar-refractivity contribution in [1.29, 1.82) is 0 Å². The highest BCUT2D eigenvalue weighted by atomic mass is 16.1. The van der Waals surface area contributed by atoms with E-state index in [-0.39, 0.29) is 5.78 Å². The molecule has 3 rings (SSSR count). The van der Waals surface area contributed by atoms with Crippen LogP contribution in [0.4, 0.5) is 0 Å². The van der Waals surface area contributed by atoms with Gasteiger partial charge in [0.15, 0.2) is 5.78 Å². The fraction of sp³-hybridized carbons (Fsp3) is 0.136. The second-order valence-electron chi connectivity index (χ2n) is 5.87. The third kappa shape index (κ3) is 3.95. The summed E-state index contributed by atoms with van der Waals surface area (Å²) in [6, 6.07) is 26.9. The Labute approximate surface area is 137 Å². The van der Waals surface area contributed by atoms with Crippen molar-refractivity contribution in [2.45, 2.75) is 19.8 Å². The monoisotopic (exact) mass is 300 g/mol. The smallest absolute Gasteiger partial charge is 0.160 e. The molecule has 0 radical (unpaired) electrons. The van der Waals surface area contributed by atoms with Crippen LogP contribution in [0.25, 0.3) is 0 Å². The molecule has 0 fully saturated rings. The van der Waals surface area contributed by atoms with Crippen LogP contribution in [0.15, 0.2) is 78.9 Å². The first-order valence-electron chi connectivity index (χ1n) is 7.93. The molecule has 0 amide bonds. The van der Waals surface area contributed by atoms with Crippen molar-refractivity contribution in [2.24, 2.45) is 0 Å². The fourth-order valence-electron chi connectivity index (χ4n) is 2.89. The quantitative estimate of drug-likeness (QED) is 0.601. The first-order chi connectivity index (χ1) is 11.2. The number of carbonyl (C=O) groups excluding carboxylic acids is 1. The minimum absolute atomic E-state index is 0.127. The molecule has 3 aromatic rings. The third-order valence-electron chi connectivity index (χ3n) is 4.04. The topological polar surface area (TPSA) is 17.1 Å². The average Bonchev–Trinajstić information content (AvgIpc) is 2.57. The lowest BCUT2D eigenvalue weighted by Gasteiger charge is -2.11. The van der Waals surface area contributed by atoms with Crippen LogP contribution < -0.4 is 0 Å². The minimum atomic E-state index is 0.127. The van der Waals surface area contributed by atoms with E-state index < -0.39 is 0 Å². The first kappa shape index (κ1) is 15.2. The van der Waals surface area contributed by atoms with Crippen LogP contribution >= 0.6 is 0 Å². The summed E-state index contributed by atoms with van der Waals surface area (Å²) < 4.78 is 0. The lowest BCUT2D eigenvalue weighted by Crippen LogP contribution is -2.02. The van der Waals surface area contributed by atoms with Gasteiger partial charge in [0.05, 0.1) is 0 Å². The number of hydrogen-bond acceptors (Lipinski definition) is 1. The molecule has 3 aromatic carbocycles. The normalized spacial score (nSPS) is 10.5. The van der Waals surface area contributed by atoms with Gasteiger partial charge in [-0.25, -0.2) is 0 Å². The second kappa shape index (κ2) is 7.06. The predicted octanol–water partition coefficient (Wildman–Crippen LogP) is 5.07. The highest BCUT2D eigenvalue weighted by molar-refractivity contribution is 5.95. The Hall–Kier alpha value is -2.67. The van der Waals surface area contributed by atoms with Gasteiger partial charge in [-0.05, 0) is 42.0 Å². The summed E-state index contributed by atoms with van der Waals surface area (Å²) in [5.74, 6) is 0.127. The molecule has 0 aromatic heterocycles. The van der Waals surface area contributed by atoms with E-state index in [1.165, 1.54) is 16.7 Å². The van der Waals surface area contributed by atoms with Crippen LogP contribution in [0.5, 0.6) is 0 Å². The maximum absolute atomic E-state index is 11.9. The molecule has 0 aliphatic heterocycles. The molecule has 1 heteroatoms. The molecular formula is C22H20O. The van der Waals surface area contributed by atoms with Gasteiger partial charge < -0.3 is 0 Å². The van der Waals surface area contributed by atoms with E-state index >= 15 is 0 Å². The molecule has 0 unspecified atom stereocenters. The third-order valence-corrected chi connectivity index (χ3v) is 4.04. The van der Waals surface area contributed by atoms with E-state index in [2.05, 4.69) is 48.5 Å². The van der Waals surface area contributed by atoms with Crippen molar-refractivity contribution in [2.75, 3.05) is 0 Å². The van der Waals surface area contributed by atoms with Gasteiger partial charge in [0.25, 0.3) is 0 Å². The van der Waals surface area contributed by atoms with Crippen LogP contribution in [-0.2, 0) is 12.8 Å². The summed E-state index contributed by atoms with van der Waals surface area (Å²) in [5, 5.41) is 0. The molecule has 23 heavy (non-hydrogen) atoms. The van der Waals surface area contributed by atoms with Crippen LogP contribution in [0.3, 0.4) is 0 Å². The number of hydrogen-bond donors (Lipinski definition) is 0. The van der Waals surface area contributed by atoms with Gasteiger partial charge in [-0.15, -0.1) is 0 Å². The maximum atomic E-state index is 11.9. The van der Waals surface area contributed by atoms with Crippen molar-refractivity contribution >= 4 is 5.78 Å². The Morgan fingerprint density at radius 2 is 1.26 bits per heavy atom. The van der Waals surface area contributed by atoms with Crippen molar-refractivity contribution in [3.05, 3.63) is 107 Å². The van der Waals surface area contributed by atoms with Crippen LogP contribution in [0.1, 0.15) is 39.5 Å². The van der Waals surface area contributed by atoms with Gasteiger partial charge in [-0.2, -0.15) is 0 Å². The Bertz CT molecular complexity index is 789. The molecule has 0 spiro atoms. The summed E-state index contributed by atoms with van der Waals surface area (Å²) >= 11 is 0. The number of Topliss-reactive ketones (excluding diaryl/α,β-unsaturated/α-hetero) is 1. The molecule has 0 saturated heterocycles. The Morgan fingerprint density at radius 3 is 1.83 bits per heavy atom. The van der Waals surface area contributed by atoms with Gasteiger partial charge in [0, 0.05) is 5.56 Å². The van der Waals surface area contributed by atoms with Crippen molar-refractivity contribution in [1.82, 2.24) is 0 Å². The first-order valence-corrected chi connectivity index (χ1v) is 7.93. The maximum Gasteiger partial charge on any atom is 0.160 e.